The van der Waals surface area contributed by atoms with Crippen molar-refractivity contribution in [3.8, 4) is 0 Å². The Morgan fingerprint density at radius 1 is 1.25 bits per heavy atom. The van der Waals surface area contributed by atoms with Crippen molar-refractivity contribution >= 4 is 23.4 Å². The van der Waals surface area contributed by atoms with E-state index in [1.54, 1.807) is 13.0 Å². The van der Waals surface area contributed by atoms with E-state index in [-0.39, 0.29) is 24.6 Å². The molecule has 0 aliphatic carbocycles. The highest BCUT2D eigenvalue weighted by Gasteiger charge is 2.25. The lowest BCUT2D eigenvalue weighted by atomic mass is 10.1. The van der Waals surface area contributed by atoms with Gasteiger partial charge in [0.2, 0.25) is 5.91 Å². The van der Waals surface area contributed by atoms with Gasteiger partial charge in [-0.2, -0.15) is 0 Å². The van der Waals surface area contributed by atoms with Crippen LogP contribution in [-0.2, 0) is 9.53 Å². The van der Waals surface area contributed by atoms with E-state index in [4.69, 9.17) is 9.26 Å². The molecule has 1 aromatic carbocycles. The fourth-order valence-corrected chi connectivity index (χ4v) is 3.12. The van der Waals surface area contributed by atoms with E-state index in [1.807, 2.05) is 32.0 Å². The largest absolute Gasteiger partial charge is 0.376 e. The molecule has 1 aliphatic rings. The van der Waals surface area contributed by atoms with Crippen molar-refractivity contribution in [3.63, 3.8) is 0 Å². The van der Waals surface area contributed by atoms with E-state index in [2.05, 4.69) is 15.8 Å². The molecule has 1 aliphatic heterocycles. The fourth-order valence-electron chi connectivity index (χ4n) is 3.12. The molecule has 0 saturated carbocycles. The van der Waals surface area contributed by atoms with Crippen LogP contribution in [0.15, 0.2) is 28.8 Å². The number of hydrogen-bond acceptors (Lipinski definition) is 5. The van der Waals surface area contributed by atoms with Crippen LogP contribution in [0.5, 0.6) is 0 Å². The monoisotopic (exact) mass is 386 g/mol. The lowest BCUT2D eigenvalue weighted by Crippen LogP contribution is -2.44. The third-order valence-electron chi connectivity index (χ3n) is 4.81. The number of rotatable bonds is 6. The second-order valence-corrected chi connectivity index (χ2v) is 7.06. The van der Waals surface area contributed by atoms with E-state index in [9.17, 15) is 9.59 Å². The maximum atomic E-state index is 12.9. The molecule has 28 heavy (non-hydrogen) atoms. The smallest absolute Gasteiger partial charge is 0.322 e. The quantitative estimate of drug-likeness (QED) is 0.794. The zero-order chi connectivity index (χ0) is 20.1. The van der Waals surface area contributed by atoms with Crippen molar-refractivity contribution in [2.24, 2.45) is 0 Å². The molecule has 0 bridgehead atoms. The minimum absolute atomic E-state index is 0.0635. The number of hydrogen-bond donors (Lipinski definition) is 2. The van der Waals surface area contributed by atoms with Crippen LogP contribution in [0, 0.1) is 20.8 Å². The molecule has 8 nitrogen and oxygen atoms in total. The summed E-state index contributed by atoms with van der Waals surface area (Å²) in [6.45, 7) is 6.60. The number of aryl methyl sites for hydroxylation is 2. The summed E-state index contributed by atoms with van der Waals surface area (Å²) >= 11 is 0. The van der Waals surface area contributed by atoms with Crippen LogP contribution >= 0.6 is 0 Å². The number of urea groups is 1. The molecule has 150 valence electrons. The topological polar surface area (TPSA) is 96.7 Å². The van der Waals surface area contributed by atoms with E-state index in [0.29, 0.717) is 24.7 Å². The number of nitrogens with zero attached hydrogens (tertiary/aromatic N) is 2. The van der Waals surface area contributed by atoms with Gasteiger partial charge >= 0.3 is 6.03 Å². The molecule has 2 heterocycles. The molecule has 3 amide bonds. The Morgan fingerprint density at radius 3 is 2.75 bits per heavy atom. The van der Waals surface area contributed by atoms with Crippen molar-refractivity contribution in [1.29, 1.82) is 0 Å². The summed E-state index contributed by atoms with van der Waals surface area (Å²) in [5, 5.41) is 9.32. The van der Waals surface area contributed by atoms with Gasteiger partial charge in [0.05, 0.1) is 6.10 Å². The van der Waals surface area contributed by atoms with Crippen LogP contribution in [0.25, 0.3) is 0 Å². The van der Waals surface area contributed by atoms with Crippen LogP contribution < -0.4 is 10.6 Å². The highest BCUT2D eigenvalue weighted by Crippen LogP contribution is 2.19. The summed E-state index contributed by atoms with van der Waals surface area (Å²) in [6.07, 6.45) is 1.77. The number of anilines is 2. The van der Waals surface area contributed by atoms with Gasteiger partial charge in [-0.05, 0) is 50.8 Å². The Kier molecular flexibility index (Phi) is 6.30. The summed E-state index contributed by atoms with van der Waals surface area (Å²) in [6, 6.07) is 7.02. The molecule has 0 spiro atoms. The van der Waals surface area contributed by atoms with Gasteiger partial charge in [0.15, 0.2) is 5.82 Å². The highest BCUT2D eigenvalue weighted by molar-refractivity contribution is 5.96. The molecule has 1 fully saturated rings. The molecule has 1 atom stereocenters. The predicted octanol–water partition coefficient (Wildman–Crippen LogP) is 3.25. The summed E-state index contributed by atoms with van der Waals surface area (Å²) in [7, 11) is 0. The van der Waals surface area contributed by atoms with Crippen molar-refractivity contribution in [3.05, 3.63) is 41.2 Å². The first-order valence-corrected chi connectivity index (χ1v) is 9.39. The van der Waals surface area contributed by atoms with Crippen LogP contribution in [0.1, 0.15) is 29.7 Å². The van der Waals surface area contributed by atoms with Crippen LogP contribution in [-0.4, -0.2) is 47.8 Å². The zero-order valence-corrected chi connectivity index (χ0v) is 16.4. The second-order valence-electron chi connectivity index (χ2n) is 7.06. The zero-order valence-electron chi connectivity index (χ0n) is 16.4. The Hall–Kier alpha value is -2.87. The summed E-state index contributed by atoms with van der Waals surface area (Å²) in [5.41, 5.74) is 2.81. The standard InChI is InChI=1S/C20H26N4O4/c1-13-6-4-8-17(15(13)3)21-20(26)24(11-16-7-5-9-27-16)12-19(25)22-18-10-14(2)28-23-18/h4,6,8,10,16H,5,7,9,11-12H2,1-3H3,(H,21,26)(H,22,23,25). The van der Waals surface area contributed by atoms with Gasteiger partial charge in [-0.1, -0.05) is 17.3 Å². The average Bonchev–Trinajstić information content (AvgIpc) is 3.30. The normalized spacial score (nSPS) is 16.0. The number of benzene rings is 1. The SMILES string of the molecule is Cc1cc(NC(=O)CN(CC2CCCO2)C(=O)Nc2cccc(C)c2C)no1. The maximum Gasteiger partial charge on any atom is 0.322 e. The van der Waals surface area contributed by atoms with Crippen LogP contribution in [0.4, 0.5) is 16.3 Å². The number of nitrogens with one attached hydrogen (secondary N) is 2. The van der Waals surface area contributed by atoms with E-state index in [1.165, 1.54) is 4.90 Å². The molecular formula is C20H26N4O4. The number of amides is 3. The lowest BCUT2D eigenvalue weighted by molar-refractivity contribution is -0.117. The lowest BCUT2D eigenvalue weighted by Gasteiger charge is -2.25. The van der Waals surface area contributed by atoms with E-state index in [0.717, 1.165) is 29.7 Å². The molecular weight excluding hydrogens is 360 g/mol. The van der Waals surface area contributed by atoms with Crippen molar-refractivity contribution in [2.45, 2.75) is 39.7 Å². The Balaban J connectivity index is 1.68. The molecule has 3 rings (SSSR count). The maximum absolute atomic E-state index is 12.9. The Bertz CT molecular complexity index is 842. The first kappa shape index (κ1) is 19.9. The second kappa shape index (κ2) is 8.88. The summed E-state index contributed by atoms with van der Waals surface area (Å²) in [5.74, 6) is 0.580. The third kappa shape index (κ3) is 5.10. The Labute approximate surface area is 164 Å². The number of carbonyl (C=O) groups excluding carboxylic acids is 2. The van der Waals surface area contributed by atoms with Crippen molar-refractivity contribution in [1.82, 2.24) is 10.1 Å². The van der Waals surface area contributed by atoms with Gasteiger partial charge < -0.3 is 24.8 Å². The van der Waals surface area contributed by atoms with Gasteiger partial charge in [0.25, 0.3) is 0 Å². The van der Waals surface area contributed by atoms with Gasteiger partial charge in [0.1, 0.15) is 12.3 Å². The first-order chi connectivity index (χ1) is 13.4. The van der Waals surface area contributed by atoms with E-state index < -0.39 is 0 Å². The van der Waals surface area contributed by atoms with Gasteiger partial charge in [-0.15, -0.1) is 0 Å². The van der Waals surface area contributed by atoms with Gasteiger partial charge in [-0.3, -0.25) is 4.79 Å². The fraction of sp³-hybridized carbons (Fsp3) is 0.450. The van der Waals surface area contributed by atoms with Gasteiger partial charge in [-0.25, -0.2) is 4.79 Å². The minimum Gasteiger partial charge on any atom is -0.376 e. The van der Waals surface area contributed by atoms with Crippen molar-refractivity contribution in [2.75, 3.05) is 30.3 Å². The summed E-state index contributed by atoms with van der Waals surface area (Å²) in [4.78, 5) is 26.8. The first-order valence-electron chi connectivity index (χ1n) is 9.39. The van der Waals surface area contributed by atoms with Crippen molar-refractivity contribution < 1.29 is 18.8 Å². The molecule has 1 saturated heterocycles. The molecule has 8 heteroatoms. The molecule has 2 N–H and O–H groups in total. The molecule has 0 radical (unpaired) electrons. The number of carbonyl (C=O) groups is 2. The summed E-state index contributed by atoms with van der Waals surface area (Å²) < 4.78 is 10.6. The Morgan fingerprint density at radius 2 is 2.07 bits per heavy atom. The van der Waals surface area contributed by atoms with Gasteiger partial charge in [0, 0.05) is 24.9 Å². The molecule has 2 aromatic rings. The average molecular weight is 386 g/mol. The molecule has 1 aromatic heterocycles. The number of aromatic nitrogens is 1. The van der Waals surface area contributed by atoms with Crippen LogP contribution in [0.3, 0.4) is 0 Å². The van der Waals surface area contributed by atoms with Crippen LogP contribution in [0.2, 0.25) is 0 Å². The predicted molar refractivity (Wildman–Crippen MR) is 105 cm³/mol. The minimum atomic E-state index is -0.345. The number of ether oxygens (including phenoxy) is 1. The molecule has 1 unspecified atom stereocenters. The highest BCUT2D eigenvalue weighted by atomic mass is 16.5. The van der Waals surface area contributed by atoms with E-state index >= 15 is 0 Å². The third-order valence-corrected chi connectivity index (χ3v) is 4.81.